The van der Waals surface area contributed by atoms with E-state index < -0.39 is 0 Å². The lowest BCUT2D eigenvalue weighted by molar-refractivity contribution is 0.583. The fraction of sp³-hybridized carbons (Fsp3) is 0.0370. The van der Waals surface area contributed by atoms with Gasteiger partial charge in [-0.1, -0.05) is 97.1 Å². The van der Waals surface area contributed by atoms with E-state index >= 15 is 0 Å². The summed E-state index contributed by atoms with van der Waals surface area (Å²) in [6.07, 6.45) is 0. The minimum Gasteiger partial charge on any atom is -0.416 e. The SMILES string of the molecule is c1ccc(-c2nnc(-c3ccccc3C(c3ccccc3)c3ccccc3)o2)cc1. The molecule has 0 radical (unpaired) electrons. The summed E-state index contributed by atoms with van der Waals surface area (Å²) in [7, 11) is 0. The minimum absolute atomic E-state index is 0.0654. The Kier molecular flexibility index (Phi) is 4.93. The van der Waals surface area contributed by atoms with Crippen LogP contribution in [0, 0.1) is 0 Å². The minimum atomic E-state index is 0.0654. The van der Waals surface area contributed by atoms with Crippen molar-refractivity contribution in [3.05, 3.63) is 132 Å². The topological polar surface area (TPSA) is 38.9 Å². The molecule has 0 saturated carbocycles. The van der Waals surface area contributed by atoms with E-state index in [9.17, 15) is 0 Å². The lowest BCUT2D eigenvalue weighted by Gasteiger charge is -2.20. The van der Waals surface area contributed by atoms with Crippen molar-refractivity contribution in [3.8, 4) is 22.9 Å². The van der Waals surface area contributed by atoms with Crippen molar-refractivity contribution >= 4 is 0 Å². The first kappa shape index (κ1) is 18.1. The molecule has 0 unspecified atom stereocenters. The van der Waals surface area contributed by atoms with Crippen LogP contribution in [-0.4, -0.2) is 10.2 Å². The highest BCUT2D eigenvalue weighted by Gasteiger charge is 2.22. The normalized spacial score (nSPS) is 11.0. The van der Waals surface area contributed by atoms with Gasteiger partial charge in [0, 0.05) is 17.0 Å². The van der Waals surface area contributed by atoms with Gasteiger partial charge in [0.25, 0.3) is 0 Å². The molecule has 4 aromatic carbocycles. The summed E-state index contributed by atoms with van der Waals surface area (Å²) in [5, 5.41) is 8.67. The zero-order chi connectivity index (χ0) is 20.2. The third-order valence-corrected chi connectivity index (χ3v) is 5.21. The third kappa shape index (κ3) is 3.53. The molecule has 0 atom stereocenters. The second kappa shape index (κ2) is 8.18. The van der Waals surface area contributed by atoms with E-state index in [0.717, 1.165) is 16.7 Å². The maximum atomic E-state index is 6.10. The van der Waals surface area contributed by atoms with Crippen LogP contribution < -0.4 is 0 Å². The van der Waals surface area contributed by atoms with E-state index in [1.165, 1.54) is 11.1 Å². The number of rotatable bonds is 5. The Morgan fingerprint density at radius 3 is 1.63 bits per heavy atom. The zero-order valence-electron chi connectivity index (χ0n) is 16.3. The fourth-order valence-corrected chi connectivity index (χ4v) is 3.82. The summed E-state index contributed by atoms with van der Waals surface area (Å²) in [4.78, 5) is 0. The molecule has 0 N–H and O–H groups in total. The predicted octanol–water partition coefficient (Wildman–Crippen LogP) is 6.58. The molecule has 0 fully saturated rings. The second-order valence-corrected chi connectivity index (χ2v) is 7.12. The molecule has 0 bridgehead atoms. The second-order valence-electron chi connectivity index (χ2n) is 7.12. The summed E-state index contributed by atoms with van der Waals surface area (Å²) < 4.78 is 6.10. The van der Waals surface area contributed by atoms with Crippen LogP contribution in [0.3, 0.4) is 0 Å². The van der Waals surface area contributed by atoms with Gasteiger partial charge in [-0.25, -0.2) is 0 Å². The van der Waals surface area contributed by atoms with E-state index in [-0.39, 0.29) is 5.92 Å². The molecular formula is C27H20N2O. The molecule has 0 amide bonds. The van der Waals surface area contributed by atoms with E-state index in [0.29, 0.717) is 11.8 Å². The molecule has 0 aliphatic rings. The number of nitrogens with zero attached hydrogens (tertiary/aromatic N) is 2. The first-order chi connectivity index (χ1) is 14.9. The largest absolute Gasteiger partial charge is 0.416 e. The van der Waals surface area contributed by atoms with Gasteiger partial charge in [0.1, 0.15) is 0 Å². The van der Waals surface area contributed by atoms with Crippen molar-refractivity contribution < 1.29 is 4.42 Å². The molecule has 0 aliphatic heterocycles. The van der Waals surface area contributed by atoms with Crippen molar-refractivity contribution in [3.63, 3.8) is 0 Å². The van der Waals surface area contributed by atoms with Gasteiger partial charge < -0.3 is 4.42 Å². The average molecular weight is 388 g/mol. The molecule has 144 valence electrons. The van der Waals surface area contributed by atoms with Gasteiger partial charge in [0.2, 0.25) is 11.8 Å². The lowest BCUT2D eigenvalue weighted by atomic mass is 9.83. The van der Waals surface area contributed by atoms with Crippen molar-refractivity contribution in [1.29, 1.82) is 0 Å². The predicted molar refractivity (Wildman–Crippen MR) is 119 cm³/mol. The van der Waals surface area contributed by atoms with Crippen molar-refractivity contribution in [2.45, 2.75) is 5.92 Å². The molecular weight excluding hydrogens is 368 g/mol. The fourth-order valence-electron chi connectivity index (χ4n) is 3.82. The molecule has 0 aliphatic carbocycles. The van der Waals surface area contributed by atoms with E-state index in [1.54, 1.807) is 0 Å². The highest BCUT2D eigenvalue weighted by Crippen LogP contribution is 2.38. The quantitative estimate of drug-likeness (QED) is 0.319. The maximum Gasteiger partial charge on any atom is 0.248 e. The summed E-state index contributed by atoms with van der Waals surface area (Å²) in [6, 6.07) is 39.2. The Morgan fingerprint density at radius 2 is 1.00 bits per heavy atom. The van der Waals surface area contributed by atoms with Crippen molar-refractivity contribution in [1.82, 2.24) is 10.2 Å². The lowest BCUT2D eigenvalue weighted by Crippen LogP contribution is -2.05. The van der Waals surface area contributed by atoms with Crippen LogP contribution in [-0.2, 0) is 0 Å². The Hall–Kier alpha value is -3.98. The van der Waals surface area contributed by atoms with Crippen LogP contribution in [0.4, 0.5) is 0 Å². The van der Waals surface area contributed by atoms with Gasteiger partial charge >= 0.3 is 0 Å². The van der Waals surface area contributed by atoms with Gasteiger partial charge in [-0.3, -0.25) is 0 Å². The molecule has 1 aromatic heterocycles. The highest BCUT2D eigenvalue weighted by molar-refractivity contribution is 5.64. The highest BCUT2D eigenvalue weighted by atomic mass is 16.4. The van der Waals surface area contributed by atoms with Crippen LogP contribution in [0.25, 0.3) is 22.9 Å². The van der Waals surface area contributed by atoms with E-state index in [4.69, 9.17) is 4.42 Å². The van der Waals surface area contributed by atoms with E-state index in [1.807, 2.05) is 48.5 Å². The number of hydrogen-bond acceptors (Lipinski definition) is 3. The number of benzene rings is 4. The first-order valence-corrected chi connectivity index (χ1v) is 9.98. The monoisotopic (exact) mass is 388 g/mol. The Bertz CT molecular complexity index is 1190. The molecule has 5 aromatic rings. The molecule has 1 heterocycles. The third-order valence-electron chi connectivity index (χ3n) is 5.21. The first-order valence-electron chi connectivity index (χ1n) is 9.98. The Balaban J connectivity index is 1.64. The summed E-state index contributed by atoms with van der Waals surface area (Å²) in [6.45, 7) is 0. The molecule has 3 nitrogen and oxygen atoms in total. The maximum absolute atomic E-state index is 6.10. The van der Waals surface area contributed by atoms with Crippen LogP contribution >= 0.6 is 0 Å². The zero-order valence-corrected chi connectivity index (χ0v) is 16.3. The van der Waals surface area contributed by atoms with Gasteiger partial charge in [-0.15, -0.1) is 10.2 Å². The van der Waals surface area contributed by atoms with Crippen LogP contribution in [0.15, 0.2) is 120 Å². The Morgan fingerprint density at radius 1 is 0.500 bits per heavy atom. The van der Waals surface area contributed by atoms with Crippen LogP contribution in [0.2, 0.25) is 0 Å². The molecule has 30 heavy (non-hydrogen) atoms. The van der Waals surface area contributed by atoms with Gasteiger partial charge in [-0.05, 0) is 34.9 Å². The molecule has 5 rings (SSSR count). The molecule has 3 heteroatoms. The summed E-state index contributed by atoms with van der Waals surface area (Å²) in [5.74, 6) is 1.12. The van der Waals surface area contributed by atoms with Crippen LogP contribution in [0.5, 0.6) is 0 Å². The molecule has 0 spiro atoms. The smallest absolute Gasteiger partial charge is 0.248 e. The van der Waals surface area contributed by atoms with Crippen molar-refractivity contribution in [2.24, 2.45) is 0 Å². The number of aromatic nitrogens is 2. The van der Waals surface area contributed by atoms with E-state index in [2.05, 4.69) is 76.9 Å². The van der Waals surface area contributed by atoms with Gasteiger partial charge in [0.15, 0.2) is 0 Å². The van der Waals surface area contributed by atoms with Gasteiger partial charge in [-0.2, -0.15) is 0 Å². The molecule has 0 saturated heterocycles. The standard InChI is InChI=1S/C27H20N2O/c1-4-12-20(13-5-1)25(21-14-6-2-7-15-21)23-18-10-11-19-24(23)27-29-28-26(30-27)22-16-8-3-9-17-22/h1-19,25H. The summed E-state index contributed by atoms with van der Waals surface area (Å²) in [5.41, 5.74) is 5.44. The number of hydrogen-bond donors (Lipinski definition) is 0. The Labute approximate surface area is 175 Å². The average Bonchev–Trinajstić information content (AvgIpc) is 3.32. The van der Waals surface area contributed by atoms with Crippen LogP contribution in [0.1, 0.15) is 22.6 Å². The summed E-state index contributed by atoms with van der Waals surface area (Å²) >= 11 is 0. The van der Waals surface area contributed by atoms with Crippen molar-refractivity contribution in [2.75, 3.05) is 0 Å². The van der Waals surface area contributed by atoms with Gasteiger partial charge in [0.05, 0.1) is 0 Å².